The second-order valence-corrected chi connectivity index (χ2v) is 5.74. The van der Waals surface area contributed by atoms with Crippen LogP contribution in [0.1, 0.15) is 63.1 Å². The highest BCUT2D eigenvalue weighted by molar-refractivity contribution is 5.25. The van der Waals surface area contributed by atoms with Crippen LogP contribution in [0.25, 0.3) is 0 Å². The van der Waals surface area contributed by atoms with Gasteiger partial charge in [0.2, 0.25) is 0 Å². The molecule has 1 aliphatic rings. The summed E-state index contributed by atoms with van der Waals surface area (Å²) >= 11 is 0. The van der Waals surface area contributed by atoms with Gasteiger partial charge in [0.15, 0.2) is 0 Å². The van der Waals surface area contributed by atoms with Gasteiger partial charge in [0, 0.05) is 6.04 Å². The minimum absolute atomic E-state index is 0.237. The Morgan fingerprint density at radius 2 is 1.78 bits per heavy atom. The number of benzene rings is 1. The molecule has 1 nitrogen and oxygen atoms in total. The van der Waals surface area contributed by atoms with Gasteiger partial charge in [0.25, 0.3) is 0 Å². The maximum Gasteiger partial charge on any atom is 0.0326 e. The highest BCUT2D eigenvalue weighted by Crippen LogP contribution is 2.39. The molecule has 1 saturated carbocycles. The Morgan fingerprint density at radius 3 is 2.39 bits per heavy atom. The van der Waals surface area contributed by atoms with Crippen molar-refractivity contribution in [2.24, 2.45) is 17.6 Å². The van der Waals surface area contributed by atoms with Crippen molar-refractivity contribution in [3.8, 4) is 0 Å². The molecule has 18 heavy (non-hydrogen) atoms. The molecule has 2 N–H and O–H groups in total. The van der Waals surface area contributed by atoms with Gasteiger partial charge in [-0.1, -0.05) is 63.8 Å². The van der Waals surface area contributed by atoms with Gasteiger partial charge in [-0.3, -0.25) is 0 Å². The highest BCUT2D eigenvalue weighted by Gasteiger charge is 2.29. The summed E-state index contributed by atoms with van der Waals surface area (Å²) in [5.41, 5.74) is 9.26. The fourth-order valence-corrected chi connectivity index (χ4v) is 3.44. The molecule has 1 fully saturated rings. The first-order valence-electron chi connectivity index (χ1n) is 7.60. The maximum absolute atomic E-state index is 6.53. The van der Waals surface area contributed by atoms with E-state index in [-0.39, 0.29) is 6.04 Å². The summed E-state index contributed by atoms with van der Waals surface area (Å²) in [5, 5.41) is 0. The van der Waals surface area contributed by atoms with Crippen LogP contribution in [0.4, 0.5) is 0 Å². The van der Waals surface area contributed by atoms with E-state index in [4.69, 9.17) is 5.73 Å². The molecule has 0 aliphatic heterocycles. The molecular formula is C17H27N. The number of nitrogens with two attached hydrogens (primary N) is 1. The standard InChI is InChI=1S/C17H27N/c1-3-13-9-11-15(12-10-13)17(18)16-8-6-5-7-14(16)4-2/h9-12,14,16-17H,3-8,18H2,1-2H3. The molecule has 3 unspecified atom stereocenters. The smallest absolute Gasteiger partial charge is 0.0326 e. The van der Waals surface area contributed by atoms with E-state index in [1.165, 1.54) is 43.2 Å². The van der Waals surface area contributed by atoms with Gasteiger partial charge >= 0.3 is 0 Å². The normalized spacial score (nSPS) is 25.9. The first-order valence-corrected chi connectivity index (χ1v) is 7.60. The van der Waals surface area contributed by atoms with E-state index in [1.807, 2.05) is 0 Å². The summed E-state index contributed by atoms with van der Waals surface area (Å²) in [6.07, 6.45) is 7.84. The zero-order chi connectivity index (χ0) is 13.0. The van der Waals surface area contributed by atoms with Crippen molar-refractivity contribution in [1.29, 1.82) is 0 Å². The topological polar surface area (TPSA) is 26.0 Å². The summed E-state index contributed by atoms with van der Waals surface area (Å²) in [4.78, 5) is 0. The minimum Gasteiger partial charge on any atom is -0.324 e. The van der Waals surface area contributed by atoms with Gasteiger partial charge in [-0.25, -0.2) is 0 Å². The minimum atomic E-state index is 0.237. The molecule has 1 heteroatoms. The van der Waals surface area contributed by atoms with Crippen LogP contribution in [0.15, 0.2) is 24.3 Å². The zero-order valence-corrected chi connectivity index (χ0v) is 11.9. The predicted octanol–water partition coefficient (Wildman–Crippen LogP) is 4.47. The summed E-state index contributed by atoms with van der Waals surface area (Å²) < 4.78 is 0. The molecule has 0 radical (unpaired) electrons. The number of hydrogen-bond donors (Lipinski definition) is 1. The summed E-state index contributed by atoms with van der Waals surface area (Å²) in [6.45, 7) is 4.51. The number of rotatable bonds is 4. The molecule has 0 bridgehead atoms. The first-order chi connectivity index (χ1) is 8.76. The Labute approximate surface area is 112 Å². The third-order valence-electron chi connectivity index (χ3n) is 4.73. The van der Waals surface area contributed by atoms with Gasteiger partial charge < -0.3 is 5.73 Å². The van der Waals surface area contributed by atoms with Crippen molar-refractivity contribution in [2.75, 3.05) is 0 Å². The van der Waals surface area contributed by atoms with Crippen LogP contribution in [0.5, 0.6) is 0 Å². The molecule has 3 atom stereocenters. The lowest BCUT2D eigenvalue weighted by Gasteiger charge is -2.35. The first kappa shape index (κ1) is 13.6. The Hall–Kier alpha value is -0.820. The third-order valence-corrected chi connectivity index (χ3v) is 4.73. The van der Waals surface area contributed by atoms with Gasteiger partial charge in [0.1, 0.15) is 0 Å². The number of aryl methyl sites for hydroxylation is 1. The van der Waals surface area contributed by atoms with E-state index >= 15 is 0 Å². The van der Waals surface area contributed by atoms with E-state index < -0.39 is 0 Å². The molecule has 0 amide bonds. The molecule has 0 aromatic heterocycles. The average Bonchev–Trinajstić information content (AvgIpc) is 2.46. The van der Waals surface area contributed by atoms with Crippen LogP contribution in [-0.2, 0) is 6.42 Å². The highest BCUT2D eigenvalue weighted by atomic mass is 14.7. The van der Waals surface area contributed by atoms with Gasteiger partial charge in [0.05, 0.1) is 0 Å². The molecule has 0 heterocycles. The summed E-state index contributed by atoms with van der Waals surface area (Å²) in [5.74, 6) is 1.52. The Bertz CT molecular complexity index is 354. The second-order valence-electron chi connectivity index (χ2n) is 5.74. The van der Waals surface area contributed by atoms with Crippen molar-refractivity contribution in [1.82, 2.24) is 0 Å². The van der Waals surface area contributed by atoms with Gasteiger partial charge in [-0.15, -0.1) is 0 Å². The van der Waals surface area contributed by atoms with Crippen LogP contribution >= 0.6 is 0 Å². The average molecular weight is 245 g/mol. The Kier molecular flexibility index (Phi) is 4.82. The molecular weight excluding hydrogens is 218 g/mol. The van der Waals surface area contributed by atoms with Crippen molar-refractivity contribution in [3.63, 3.8) is 0 Å². The van der Waals surface area contributed by atoms with Gasteiger partial charge in [-0.05, 0) is 35.8 Å². The maximum atomic E-state index is 6.53. The van der Waals surface area contributed by atoms with Gasteiger partial charge in [-0.2, -0.15) is 0 Å². The fraction of sp³-hybridized carbons (Fsp3) is 0.647. The van der Waals surface area contributed by atoms with E-state index in [1.54, 1.807) is 0 Å². The number of hydrogen-bond acceptors (Lipinski definition) is 1. The molecule has 1 aliphatic carbocycles. The molecule has 1 aromatic rings. The zero-order valence-electron chi connectivity index (χ0n) is 11.9. The quantitative estimate of drug-likeness (QED) is 0.832. The van der Waals surface area contributed by atoms with Crippen LogP contribution in [0.3, 0.4) is 0 Å². The van der Waals surface area contributed by atoms with E-state index in [0.29, 0.717) is 5.92 Å². The third kappa shape index (κ3) is 2.95. The molecule has 100 valence electrons. The molecule has 0 saturated heterocycles. The Balaban J connectivity index is 2.10. The largest absolute Gasteiger partial charge is 0.324 e. The summed E-state index contributed by atoms with van der Waals surface area (Å²) in [7, 11) is 0. The lowest BCUT2D eigenvalue weighted by molar-refractivity contribution is 0.196. The SMILES string of the molecule is CCc1ccc(C(N)C2CCCCC2CC)cc1. The van der Waals surface area contributed by atoms with Crippen molar-refractivity contribution >= 4 is 0 Å². The van der Waals surface area contributed by atoms with Crippen LogP contribution < -0.4 is 5.73 Å². The predicted molar refractivity (Wildman–Crippen MR) is 78.5 cm³/mol. The fourth-order valence-electron chi connectivity index (χ4n) is 3.44. The van der Waals surface area contributed by atoms with Crippen molar-refractivity contribution < 1.29 is 0 Å². The lowest BCUT2D eigenvalue weighted by atomic mass is 9.72. The van der Waals surface area contributed by atoms with Crippen LogP contribution in [0, 0.1) is 11.8 Å². The second kappa shape index (κ2) is 6.38. The molecule has 0 spiro atoms. The Morgan fingerprint density at radius 1 is 1.11 bits per heavy atom. The van der Waals surface area contributed by atoms with E-state index in [9.17, 15) is 0 Å². The van der Waals surface area contributed by atoms with Crippen molar-refractivity contribution in [3.05, 3.63) is 35.4 Å². The van der Waals surface area contributed by atoms with Crippen LogP contribution in [-0.4, -0.2) is 0 Å². The molecule has 1 aromatic carbocycles. The van der Waals surface area contributed by atoms with Crippen LogP contribution in [0.2, 0.25) is 0 Å². The van der Waals surface area contributed by atoms with E-state index in [2.05, 4.69) is 38.1 Å². The monoisotopic (exact) mass is 245 g/mol. The lowest BCUT2D eigenvalue weighted by Crippen LogP contribution is -2.30. The van der Waals surface area contributed by atoms with E-state index in [0.717, 1.165) is 12.3 Å². The summed E-state index contributed by atoms with van der Waals surface area (Å²) in [6, 6.07) is 9.19. The molecule has 2 rings (SSSR count). The van der Waals surface area contributed by atoms with Crippen molar-refractivity contribution in [2.45, 2.75) is 58.4 Å².